The van der Waals surface area contributed by atoms with Gasteiger partial charge in [0.05, 0.1) is 25.0 Å². The van der Waals surface area contributed by atoms with E-state index < -0.39 is 0 Å². The molecule has 0 fully saturated rings. The second kappa shape index (κ2) is 5.11. The predicted octanol–water partition coefficient (Wildman–Crippen LogP) is 1.07. The maximum atomic E-state index is 5.67. The molecule has 3 N–H and O–H groups in total. The number of nitrogens with zero attached hydrogens (tertiary/aromatic N) is 3. The van der Waals surface area contributed by atoms with Gasteiger partial charge < -0.3 is 15.8 Å². The second-order valence-corrected chi connectivity index (χ2v) is 3.35. The third-order valence-electron chi connectivity index (χ3n) is 2.18. The Labute approximate surface area is 98.9 Å². The van der Waals surface area contributed by atoms with Gasteiger partial charge in [0.25, 0.3) is 0 Å². The number of rotatable bonds is 4. The van der Waals surface area contributed by atoms with E-state index in [4.69, 9.17) is 10.5 Å². The normalized spacial score (nSPS) is 9.94. The van der Waals surface area contributed by atoms with Crippen molar-refractivity contribution in [2.75, 3.05) is 18.2 Å². The maximum absolute atomic E-state index is 5.67. The van der Waals surface area contributed by atoms with E-state index in [1.807, 2.05) is 6.07 Å². The Morgan fingerprint density at radius 2 is 2.24 bits per heavy atom. The zero-order chi connectivity index (χ0) is 12.1. The van der Waals surface area contributed by atoms with Crippen molar-refractivity contribution in [3.05, 3.63) is 36.4 Å². The number of nitrogen functional groups attached to an aromatic ring is 1. The minimum absolute atomic E-state index is 0.415. The molecule has 0 saturated heterocycles. The predicted molar refractivity (Wildman–Crippen MR) is 64.6 cm³/mol. The Bertz CT molecular complexity index is 488. The van der Waals surface area contributed by atoms with E-state index in [9.17, 15) is 0 Å². The number of pyridine rings is 1. The molecule has 0 aliphatic carbocycles. The molecule has 6 nitrogen and oxygen atoms in total. The number of anilines is 2. The maximum Gasteiger partial charge on any atom is 0.238 e. The fourth-order valence-corrected chi connectivity index (χ4v) is 1.32. The van der Waals surface area contributed by atoms with Crippen LogP contribution >= 0.6 is 0 Å². The highest BCUT2D eigenvalue weighted by Crippen LogP contribution is 2.20. The number of nitrogens with one attached hydrogen (secondary N) is 1. The molecular formula is C11H13N5O. The van der Waals surface area contributed by atoms with Crippen molar-refractivity contribution in [3.63, 3.8) is 0 Å². The molecular weight excluding hydrogens is 218 g/mol. The molecule has 6 heteroatoms. The summed E-state index contributed by atoms with van der Waals surface area (Å²) in [5.74, 6) is 1.10. The van der Waals surface area contributed by atoms with Crippen LogP contribution in [0.15, 0.2) is 30.7 Å². The average Bonchev–Trinajstić information content (AvgIpc) is 2.39. The fraction of sp³-hybridized carbons (Fsp3) is 0.182. The molecule has 2 aromatic heterocycles. The van der Waals surface area contributed by atoms with Crippen LogP contribution in [0.2, 0.25) is 0 Å². The molecule has 0 saturated carbocycles. The summed E-state index contributed by atoms with van der Waals surface area (Å²) < 4.78 is 5.04. The largest absolute Gasteiger partial charge is 0.479 e. The van der Waals surface area contributed by atoms with Gasteiger partial charge in [0, 0.05) is 6.20 Å². The standard InChI is InChI=1S/C11H13N5O/c1-17-11-9(12)2-3-10(16-11)14-6-8-4-5-13-7-15-8/h2-5,7H,6,12H2,1H3,(H,14,16). The summed E-state index contributed by atoms with van der Waals surface area (Å²) in [5, 5.41) is 3.13. The number of methoxy groups -OCH3 is 1. The van der Waals surface area contributed by atoms with Crippen LogP contribution in [0.3, 0.4) is 0 Å². The highest BCUT2D eigenvalue weighted by Gasteiger charge is 2.02. The van der Waals surface area contributed by atoms with Crippen molar-refractivity contribution in [2.24, 2.45) is 0 Å². The van der Waals surface area contributed by atoms with Crippen molar-refractivity contribution in [1.29, 1.82) is 0 Å². The molecule has 2 heterocycles. The summed E-state index contributed by atoms with van der Waals surface area (Å²) in [6.45, 7) is 0.572. The SMILES string of the molecule is COc1nc(NCc2ccncn2)ccc1N. The van der Waals surface area contributed by atoms with Gasteiger partial charge in [-0.15, -0.1) is 0 Å². The Balaban J connectivity index is 2.04. The first-order chi connectivity index (χ1) is 8.29. The number of nitrogens with two attached hydrogens (primary N) is 1. The number of ether oxygens (including phenoxy) is 1. The lowest BCUT2D eigenvalue weighted by atomic mass is 10.3. The summed E-state index contributed by atoms with van der Waals surface area (Å²) in [6, 6.07) is 5.37. The smallest absolute Gasteiger partial charge is 0.238 e. The van der Waals surface area contributed by atoms with Gasteiger partial charge in [-0.1, -0.05) is 0 Å². The van der Waals surface area contributed by atoms with Crippen molar-refractivity contribution in [2.45, 2.75) is 6.54 Å². The van der Waals surface area contributed by atoms with E-state index in [0.29, 0.717) is 23.9 Å². The molecule has 0 atom stereocenters. The molecule has 0 aliphatic heterocycles. The molecule has 0 amide bonds. The van der Waals surface area contributed by atoms with Gasteiger partial charge in [-0.2, -0.15) is 4.98 Å². The topological polar surface area (TPSA) is 86.0 Å². The van der Waals surface area contributed by atoms with Gasteiger partial charge in [0.2, 0.25) is 5.88 Å². The van der Waals surface area contributed by atoms with Gasteiger partial charge in [0.1, 0.15) is 12.1 Å². The van der Waals surface area contributed by atoms with E-state index >= 15 is 0 Å². The minimum atomic E-state index is 0.415. The third-order valence-corrected chi connectivity index (χ3v) is 2.18. The molecule has 2 aromatic rings. The zero-order valence-electron chi connectivity index (χ0n) is 9.42. The molecule has 88 valence electrons. The van der Waals surface area contributed by atoms with E-state index in [1.54, 1.807) is 18.3 Å². The van der Waals surface area contributed by atoms with Crippen LogP contribution in [0.4, 0.5) is 11.5 Å². The molecule has 0 radical (unpaired) electrons. The molecule has 0 unspecified atom stereocenters. The molecule has 0 aliphatic rings. The molecule has 17 heavy (non-hydrogen) atoms. The zero-order valence-corrected chi connectivity index (χ0v) is 9.42. The lowest BCUT2D eigenvalue weighted by molar-refractivity contribution is 0.401. The highest BCUT2D eigenvalue weighted by atomic mass is 16.5. The first-order valence-electron chi connectivity index (χ1n) is 5.09. The summed E-state index contributed by atoms with van der Waals surface area (Å²) >= 11 is 0. The number of aromatic nitrogens is 3. The Morgan fingerprint density at radius 3 is 2.94 bits per heavy atom. The van der Waals surface area contributed by atoms with Crippen molar-refractivity contribution in [1.82, 2.24) is 15.0 Å². The van der Waals surface area contributed by atoms with Gasteiger partial charge >= 0.3 is 0 Å². The lowest BCUT2D eigenvalue weighted by Gasteiger charge is -2.08. The van der Waals surface area contributed by atoms with E-state index in [-0.39, 0.29) is 0 Å². The van der Waals surface area contributed by atoms with Crippen LogP contribution < -0.4 is 15.8 Å². The van der Waals surface area contributed by atoms with Gasteiger partial charge in [-0.3, -0.25) is 0 Å². The third kappa shape index (κ3) is 2.81. The lowest BCUT2D eigenvalue weighted by Crippen LogP contribution is -2.04. The van der Waals surface area contributed by atoms with E-state index in [0.717, 1.165) is 5.69 Å². The number of hydrogen-bond acceptors (Lipinski definition) is 6. The summed E-state index contributed by atoms with van der Waals surface area (Å²) in [6.07, 6.45) is 3.20. The molecule has 2 rings (SSSR count). The second-order valence-electron chi connectivity index (χ2n) is 3.35. The van der Waals surface area contributed by atoms with Crippen molar-refractivity contribution < 1.29 is 4.74 Å². The molecule has 0 spiro atoms. The highest BCUT2D eigenvalue weighted by molar-refractivity contribution is 5.53. The average molecular weight is 231 g/mol. The Morgan fingerprint density at radius 1 is 1.35 bits per heavy atom. The van der Waals surface area contributed by atoms with E-state index in [1.165, 1.54) is 13.4 Å². The van der Waals surface area contributed by atoms with Crippen LogP contribution in [0.5, 0.6) is 5.88 Å². The number of hydrogen-bond donors (Lipinski definition) is 2. The van der Waals surface area contributed by atoms with Crippen molar-refractivity contribution in [3.8, 4) is 5.88 Å². The van der Waals surface area contributed by atoms with Crippen LogP contribution in [-0.2, 0) is 6.54 Å². The Kier molecular flexibility index (Phi) is 3.34. The first-order valence-corrected chi connectivity index (χ1v) is 5.09. The van der Waals surface area contributed by atoms with E-state index in [2.05, 4.69) is 20.3 Å². The fourth-order valence-electron chi connectivity index (χ4n) is 1.32. The minimum Gasteiger partial charge on any atom is -0.479 e. The van der Waals surface area contributed by atoms with Crippen LogP contribution in [0.25, 0.3) is 0 Å². The first kappa shape index (κ1) is 11.1. The van der Waals surface area contributed by atoms with Gasteiger partial charge in [-0.25, -0.2) is 9.97 Å². The van der Waals surface area contributed by atoms with Crippen LogP contribution in [0.1, 0.15) is 5.69 Å². The van der Waals surface area contributed by atoms with Gasteiger partial charge in [0.15, 0.2) is 0 Å². The summed E-state index contributed by atoms with van der Waals surface area (Å²) in [4.78, 5) is 12.1. The molecule has 0 aromatic carbocycles. The summed E-state index contributed by atoms with van der Waals surface area (Å²) in [7, 11) is 1.53. The van der Waals surface area contributed by atoms with Crippen molar-refractivity contribution >= 4 is 11.5 Å². The van der Waals surface area contributed by atoms with Gasteiger partial charge in [-0.05, 0) is 18.2 Å². The van der Waals surface area contributed by atoms with Crippen LogP contribution in [0, 0.1) is 0 Å². The summed E-state index contributed by atoms with van der Waals surface area (Å²) in [5.41, 5.74) is 7.07. The Hall–Kier alpha value is -2.37. The van der Waals surface area contributed by atoms with Crippen LogP contribution in [-0.4, -0.2) is 22.1 Å². The molecule has 0 bridgehead atoms. The monoisotopic (exact) mass is 231 g/mol. The quantitative estimate of drug-likeness (QED) is 0.818.